The van der Waals surface area contributed by atoms with Crippen LogP contribution in [0.4, 0.5) is 0 Å². The van der Waals surface area contributed by atoms with E-state index in [2.05, 4.69) is 5.32 Å². The normalized spacial score (nSPS) is 25.6. The van der Waals surface area contributed by atoms with Crippen molar-refractivity contribution >= 4 is 23.5 Å². The monoisotopic (exact) mass is 335 g/mol. The van der Waals surface area contributed by atoms with Crippen molar-refractivity contribution < 1.29 is 14.7 Å². The molecule has 124 valence electrons. The van der Waals surface area contributed by atoms with Crippen molar-refractivity contribution in [1.82, 2.24) is 5.32 Å². The summed E-state index contributed by atoms with van der Waals surface area (Å²) in [4.78, 5) is 23.4. The molecule has 1 aromatic rings. The number of hydrogen-bond acceptors (Lipinski definition) is 2. The lowest BCUT2D eigenvalue weighted by atomic mass is 9.72. The molecule has 2 aliphatic rings. The molecular formula is C18H22ClNO3. The first-order valence-electron chi connectivity index (χ1n) is 8.28. The summed E-state index contributed by atoms with van der Waals surface area (Å²) in [5.74, 6) is -1.84. The summed E-state index contributed by atoms with van der Waals surface area (Å²) in [5, 5.41) is 12.8. The second kappa shape index (κ2) is 6.52. The zero-order valence-corrected chi connectivity index (χ0v) is 13.8. The molecule has 0 aromatic heterocycles. The molecule has 1 aromatic carbocycles. The average Bonchev–Trinajstić information content (AvgIpc) is 2.94. The summed E-state index contributed by atoms with van der Waals surface area (Å²) in [5.41, 5.74) is 1.17. The van der Waals surface area contributed by atoms with Gasteiger partial charge in [0.2, 0.25) is 5.91 Å². The van der Waals surface area contributed by atoms with Crippen molar-refractivity contribution in [3.8, 4) is 0 Å². The number of rotatable bonds is 5. The molecule has 2 atom stereocenters. The van der Waals surface area contributed by atoms with Crippen LogP contribution in [0.1, 0.15) is 44.1 Å². The fourth-order valence-corrected chi connectivity index (χ4v) is 4.05. The zero-order chi connectivity index (χ0) is 16.4. The van der Waals surface area contributed by atoms with E-state index in [-0.39, 0.29) is 17.2 Å². The highest BCUT2D eigenvalue weighted by Crippen LogP contribution is 2.41. The number of carbonyl (C=O) groups excluding carboxylic acids is 1. The summed E-state index contributed by atoms with van der Waals surface area (Å²) < 4.78 is 0. The lowest BCUT2D eigenvalue weighted by molar-refractivity contribution is -0.152. The lowest BCUT2D eigenvalue weighted by Gasteiger charge is -2.35. The summed E-state index contributed by atoms with van der Waals surface area (Å²) >= 11 is 5.98. The van der Waals surface area contributed by atoms with E-state index in [9.17, 15) is 9.59 Å². The number of carbonyl (C=O) groups is 2. The third kappa shape index (κ3) is 3.23. The Hall–Kier alpha value is -1.55. The predicted octanol–water partition coefficient (Wildman–Crippen LogP) is 3.38. The second-order valence-corrected chi connectivity index (χ2v) is 7.28. The van der Waals surface area contributed by atoms with Crippen LogP contribution in [-0.2, 0) is 15.0 Å². The van der Waals surface area contributed by atoms with Crippen molar-refractivity contribution in [1.29, 1.82) is 0 Å². The molecular weight excluding hydrogens is 314 g/mol. The predicted molar refractivity (Wildman–Crippen MR) is 88.5 cm³/mol. The lowest BCUT2D eigenvalue weighted by Crippen LogP contribution is -2.47. The van der Waals surface area contributed by atoms with E-state index < -0.39 is 11.9 Å². The molecule has 0 spiro atoms. The Bertz CT molecular complexity index is 593. The SMILES string of the molecule is O=C(O)C1CCC1C(=O)NCC1(c2ccc(Cl)cc2)CCCC1. The Morgan fingerprint density at radius 2 is 1.74 bits per heavy atom. The fraction of sp³-hybridized carbons (Fsp3) is 0.556. The quantitative estimate of drug-likeness (QED) is 0.866. The molecule has 0 heterocycles. The van der Waals surface area contributed by atoms with Gasteiger partial charge in [-0.3, -0.25) is 9.59 Å². The molecule has 2 unspecified atom stereocenters. The maximum absolute atomic E-state index is 12.3. The van der Waals surface area contributed by atoms with Gasteiger partial charge < -0.3 is 10.4 Å². The first kappa shape index (κ1) is 16.3. The minimum Gasteiger partial charge on any atom is -0.481 e. The van der Waals surface area contributed by atoms with E-state index in [1.807, 2.05) is 24.3 Å². The van der Waals surface area contributed by atoms with Crippen LogP contribution < -0.4 is 5.32 Å². The van der Waals surface area contributed by atoms with Crippen LogP contribution in [0.25, 0.3) is 0 Å². The molecule has 1 amide bonds. The number of hydrogen-bond donors (Lipinski definition) is 2. The van der Waals surface area contributed by atoms with Crippen molar-refractivity contribution in [2.75, 3.05) is 6.54 Å². The maximum atomic E-state index is 12.3. The van der Waals surface area contributed by atoms with Crippen LogP contribution in [-0.4, -0.2) is 23.5 Å². The molecule has 2 N–H and O–H groups in total. The highest BCUT2D eigenvalue weighted by Gasteiger charge is 2.42. The Balaban J connectivity index is 1.67. The van der Waals surface area contributed by atoms with Crippen molar-refractivity contribution in [2.24, 2.45) is 11.8 Å². The van der Waals surface area contributed by atoms with E-state index in [1.165, 1.54) is 5.56 Å². The van der Waals surface area contributed by atoms with Crippen molar-refractivity contribution in [2.45, 2.75) is 43.9 Å². The maximum Gasteiger partial charge on any atom is 0.307 e. The summed E-state index contributed by atoms with van der Waals surface area (Å²) in [6, 6.07) is 7.88. The molecule has 2 saturated carbocycles. The van der Waals surface area contributed by atoms with Crippen LogP contribution in [0, 0.1) is 11.8 Å². The smallest absolute Gasteiger partial charge is 0.307 e. The number of aliphatic carboxylic acids is 1. The Morgan fingerprint density at radius 3 is 2.26 bits per heavy atom. The standard InChI is InChI=1S/C18H22ClNO3/c19-13-5-3-12(4-6-13)18(9-1-2-10-18)11-20-16(21)14-7-8-15(14)17(22)23/h3-6,14-15H,1-2,7-11H2,(H,20,21)(H,22,23). The molecule has 0 bridgehead atoms. The fourth-order valence-electron chi connectivity index (χ4n) is 3.92. The highest BCUT2D eigenvalue weighted by atomic mass is 35.5. The molecule has 0 aliphatic heterocycles. The van der Waals surface area contributed by atoms with E-state index >= 15 is 0 Å². The number of benzene rings is 1. The van der Waals surface area contributed by atoms with E-state index in [4.69, 9.17) is 16.7 Å². The Kier molecular flexibility index (Phi) is 4.62. The highest BCUT2D eigenvalue weighted by molar-refractivity contribution is 6.30. The summed E-state index contributed by atoms with van der Waals surface area (Å²) in [7, 11) is 0. The summed E-state index contributed by atoms with van der Waals surface area (Å²) in [6.45, 7) is 0.580. The average molecular weight is 336 g/mol. The van der Waals surface area contributed by atoms with Gasteiger partial charge in [-0.15, -0.1) is 0 Å². The minimum absolute atomic E-state index is 0.0390. The Labute approximate surface area is 141 Å². The third-order valence-electron chi connectivity index (χ3n) is 5.55. The van der Waals surface area contributed by atoms with Crippen LogP contribution in [0.5, 0.6) is 0 Å². The molecule has 0 saturated heterocycles. The van der Waals surface area contributed by atoms with Gasteiger partial charge >= 0.3 is 5.97 Å². The number of halogens is 1. The molecule has 0 radical (unpaired) electrons. The van der Waals surface area contributed by atoms with Crippen LogP contribution >= 0.6 is 11.6 Å². The number of amides is 1. The van der Waals surface area contributed by atoms with Gasteiger partial charge in [-0.2, -0.15) is 0 Å². The van der Waals surface area contributed by atoms with Gasteiger partial charge in [-0.05, 0) is 43.4 Å². The van der Waals surface area contributed by atoms with E-state index in [0.29, 0.717) is 24.4 Å². The van der Waals surface area contributed by atoms with Gasteiger partial charge in [0.1, 0.15) is 0 Å². The topological polar surface area (TPSA) is 66.4 Å². The van der Waals surface area contributed by atoms with Crippen molar-refractivity contribution in [3.05, 3.63) is 34.9 Å². The molecule has 2 fully saturated rings. The first-order chi connectivity index (χ1) is 11.0. The molecule has 23 heavy (non-hydrogen) atoms. The third-order valence-corrected chi connectivity index (χ3v) is 5.80. The minimum atomic E-state index is -0.857. The number of nitrogens with one attached hydrogen (secondary N) is 1. The van der Waals surface area contributed by atoms with Crippen LogP contribution in [0.2, 0.25) is 5.02 Å². The van der Waals surface area contributed by atoms with Gasteiger partial charge in [0.15, 0.2) is 0 Å². The van der Waals surface area contributed by atoms with Crippen LogP contribution in [0.3, 0.4) is 0 Å². The van der Waals surface area contributed by atoms with Gasteiger partial charge in [0, 0.05) is 17.0 Å². The zero-order valence-electron chi connectivity index (χ0n) is 13.1. The van der Waals surface area contributed by atoms with Gasteiger partial charge in [-0.25, -0.2) is 0 Å². The van der Waals surface area contributed by atoms with E-state index in [1.54, 1.807) is 0 Å². The molecule has 4 nitrogen and oxygen atoms in total. The van der Waals surface area contributed by atoms with Gasteiger partial charge in [0.05, 0.1) is 11.8 Å². The largest absolute Gasteiger partial charge is 0.481 e. The van der Waals surface area contributed by atoms with Gasteiger partial charge in [0.25, 0.3) is 0 Å². The van der Waals surface area contributed by atoms with Crippen molar-refractivity contribution in [3.63, 3.8) is 0 Å². The molecule has 5 heteroatoms. The molecule has 2 aliphatic carbocycles. The molecule has 3 rings (SSSR count). The van der Waals surface area contributed by atoms with Crippen LogP contribution in [0.15, 0.2) is 24.3 Å². The van der Waals surface area contributed by atoms with E-state index in [0.717, 1.165) is 25.7 Å². The number of carboxylic acid groups (broad SMARTS) is 1. The second-order valence-electron chi connectivity index (χ2n) is 6.84. The Morgan fingerprint density at radius 1 is 1.13 bits per heavy atom. The first-order valence-corrected chi connectivity index (χ1v) is 8.66. The number of carboxylic acids is 1. The van der Waals surface area contributed by atoms with Gasteiger partial charge in [-0.1, -0.05) is 36.6 Å². The summed E-state index contributed by atoms with van der Waals surface area (Å²) in [6.07, 6.45) is 5.68.